The third-order valence-electron chi connectivity index (χ3n) is 6.10. The van der Waals surface area contributed by atoms with Crippen LogP contribution < -0.4 is 20.3 Å². The third-order valence-corrected chi connectivity index (χ3v) is 6.10. The maximum absolute atomic E-state index is 15.0. The van der Waals surface area contributed by atoms with Gasteiger partial charge in [0.15, 0.2) is 0 Å². The number of benzene rings is 2. The summed E-state index contributed by atoms with van der Waals surface area (Å²) in [5.74, 6) is -2.96. The molecular weight excluding hydrogens is 463 g/mol. The summed E-state index contributed by atoms with van der Waals surface area (Å²) < 4.78 is 20.3. The zero-order chi connectivity index (χ0) is 25.5. The molecule has 1 aliphatic carbocycles. The molecule has 3 amide bonds. The number of hydrogen-bond acceptors (Lipinski definition) is 5. The van der Waals surface area contributed by atoms with Crippen molar-refractivity contribution in [1.82, 2.24) is 10.3 Å². The van der Waals surface area contributed by atoms with Crippen molar-refractivity contribution in [2.24, 2.45) is 0 Å². The van der Waals surface area contributed by atoms with E-state index in [9.17, 15) is 14.4 Å². The Kier molecular flexibility index (Phi) is 7.89. The molecule has 1 aromatic heterocycles. The van der Waals surface area contributed by atoms with Gasteiger partial charge in [0.1, 0.15) is 17.6 Å². The molecule has 1 heterocycles. The number of pyridine rings is 1. The predicted molar refractivity (Wildman–Crippen MR) is 133 cm³/mol. The van der Waals surface area contributed by atoms with Crippen molar-refractivity contribution in [2.75, 3.05) is 17.3 Å². The lowest BCUT2D eigenvalue weighted by Crippen LogP contribution is -2.49. The molecule has 1 atom stereocenters. The summed E-state index contributed by atoms with van der Waals surface area (Å²) in [7, 11) is 1.44. The Balaban J connectivity index is 1.75. The number of carbonyl (C=O) groups excluding carboxylic acids is 3. The van der Waals surface area contributed by atoms with Crippen molar-refractivity contribution >= 4 is 29.1 Å². The second-order valence-electron chi connectivity index (χ2n) is 8.45. The van der Waals surface area contributed by atoms with E-state index in [-0.39, 0.29) is 23.0 Å². The standard InChI is InChI=1S/C27H27FN4O4/c1-36-23-15-7-6-14-22(23)31-26(34)27(35)32(19-11-8-16-29-17-19)24(20-12-4-5-13-21(20)28)25(33)30-18-9-2-3-10-18/h4-8,11-18,24H,2-3,9-10H2,1H3,(H,30,33)(H,31,34). The molecule has 1 aliphatic rings. The minimum absolute atomic E-state index is 0.0321. The quantitative estimate of drug-likeness (QED) is 0.488. The van der Waals surface area contributed by atoms with E-state index in [0.717, 1.165) is 30.6 Å². The van der Waals surface area contributed by atoms with Crippen LogP contribution in [0.15, 0.2) is 73.1 Å². The fourth-order valence-corrected chi connectivity index (χ4v) is 4.36. The topological polar surface area (TPSA) is 101 Å². The average molecular weight is 491 g/mol. The summed E-state index contributed by atoms with van der Waals surface area (Å²) in [4.78, 5) is 45.5. The summed E-state index contributed by atoms with van der Waals surface area (Å²) in [6, 6.07) is 13.9. The zero-order valence-electron chi connectivity index (χ0n) is 19.8. The van der Waals surface area contributed by atoms with E-state index in [1.54, 1.807) is 36.4 Å². The van der Waals surface area contributed by atoms with Crippen LogP contribution in [0.3, 0.4) is 0 Å². The zero-order valence-corrected chi connectivity index (χ0v) is 19.8. The Labute approximate surface area is 208 Å². The molecule has 8 nitrogen and oxygen atoms in total. The molecule has 0 spiro atoms. The van der Waals surface area contributed by atoms with Gasteiger partial charge in [-0.25, -0.2) is 4.39 Å². The number of amides is 3. The van der Waals surface area contributed by atoms with E-state index < -0.39 is 29.6 Å². The first-order chi connectivity index (χ1) is 17.5. The third kappa shape index (κ3) is 5.51. The molecule has 9 heteroatoms. The second-order valence-corrected chi connectivity index (χ2v) is 8.45. The molecule has 0 aliphatic heterocycles. The van der Waals surface area contributed by atoms with Crippen LogP contribution in [0.5, 0.6) is 5.75 Å². The van der Waals surface area contributed by atoms with Crippen LogP contribution in [-0.4, -0.2) is 35.9 Å². The Morgan fingerprint density at radius 2 is 1.75 bits per heavy atom. The van der Waals surface area contributed by atoms with E-state index in [1.807, 2.05) is 0 Å². The summed E-state index contributed by atoms with van der Waals surface area (Å²) in [5.41, 5.74) is 0.421. The van der Waals surface area contributed by atoms with Gasteiger partial charge in [0.25, 0.3) is 0 Å². The number of rotatable bonds is 7. The number of hydrogen-bond donors (Lipinski definition) is 2. The maximum Gasteiger partial charge on any atom is 0.317 e. The van der Waals surface area contributed by atoms with Crippen LogP contribution in [0, 0.1) is 5.82 Å². The van der Waals surface area contributed by atoms with E-state index in [2.05, 4.69) is 15.6 Å². The second kappa shape index (κ2) is 11.4. The lowest BCUT2D eigenvalue weighted by molar-refractivity contribution is -0.136. The van der Waals surface area contributed by atoms with Gasteiger partial charge in [-0.05, 0) is 43.2 Å². The lowest BCUT2D eigenvalue weighted by Gasteiger charge is -2.31. The number of nitrogens with zero attached hydrogens (tertiary/aromatic N) is 2. The van der Waals surface area contributed by atoms with Gasteiger partial charge in [-0.3, -0.25) is 24.3 Å². The van der Waals surface area contributed by atoms with Crippen LogP contribution in [-0.2, 0) is 14.4 Å². The highest BCUT2D eigenvalue weighted by atomic mass is 19.1. The van der Waals surface area contributed by atoms with Gasteiger partial charge in [-0.1, -0.05) is 43.2 Å². The van der Waals surface area contributed by atoms with Crippen molar-refractivity contribution in [2.45, 2.75) is 37.8 Å². The Morgan fingerprint density at radius 1 is 1.03 bits per heavy atom. The van der Waals surface area contributed by atoms with Crippen LogP contribution in [0.4, 0.5) is 15.8 Å². The van der Waals surface area contributed by atoms with Gasteiger partial charge < -0.3 is 15.4 Å². The molecule has 3 aromatic rings. The van der Waals surface area contributed by atoms with Gasteiger partial charge in [-0.2, -0.15) is 0 Å². The summed E-state index contributed by atoms with van der Waals surface area (Å²) >= 11 is 0. The summed E-state index contributed by atoms with van der Waals surface area (Å²) in [6.45, 7) is 0. The van der Waals surface area contributed by atoms with Crippen LogP contribution in [0.25, 0.3) is 0 Å². The Bertz CT molecular complexity index is 1230. The van der Waals surface area contributed by atoms with Gasteiger partial charge in [0, 0.05) is 17.8 Å². The minimum atomic E-state index is -1.44. The molecule has 1 saturated carbocycles. The highest BCUT2D eigenvalue weighted by Crippen LogP contribution is 2.31. The first kappa shape index (κ1) is 24.8. The fraction of sp³-hybridized carbons (Fsp3) is 0.259. The molecule has 4 rings (SSSR count). The SMILES string of the molecule is COc1ccccc1NC(=O)C(=O)N(c1cccnc1)C(C(=O)NC1CCCC1)c1ccccc1F. The largest absolute Gasteiger partial charge is 0.495 e. The molecule has 1 fully saturated rings. The molecule has 186 valence electrons. The average Bonchev–Trinajstić information content (AvgIpc) is 3.41. The van der Waals surface area contributed by atoms with Crippen molar-refractivity contribution in [3.63, 3.8) is 0 Å². The monoisotopic (exact) mass is 490 g/mol. The van der Waals surface area contributed by atoms with Gasteiger partial charge in [0.2, 0.25) is 5.91 Å². The first-order valence-corrected chi connectivity index (χ1v) is 11.7. The molecule has 1 unspecified atom stereocenters. The van der Waals surface area contributed by atoms with Crippen LogP contribution in [0.1, 0.15) is 37.3 Å². The Morgan fingerprint density at radius 3 is 2.44 bits per heavy atom. The smallest absolute Gasteiger partial charge is 0.317 e. The number of nitrogens with one attached hydrogen (secondary N) is 2. The van der Waals surface area contributed by atoms with Crippen molar-refractivity contribution in [1.29, 1.82) is 0 Å². The highest BCUT2D eigenvalue weighted by Gasteiger charge is 2.38. The van der Waals surface area contributed by atoms with Crippen LogP contribution in [0.2, 0.25) is 0 Å². The number of methoxy groups -OCH3 is 1. The van der Waals surface area contributed by atoms with E-state index in [1.165, 1.54) is 43.8 Å². The number of para-hydroxylation sites is 2. The molecule has 2 N–H and O–H groups in total. The predicted octanol–water partition coefficient (Wildman–Crippen LogP) is 4.00. The highest BCUT2D eigenvalue weighted by molar-refractivity contribution is 6.45. The van der Waals surface area contributed by atoms with Crippen molar-refractivity contribution in [3.8, 4) is 5.75 Å². The molecule has 2 aromatic carbocycles. The first-order valence-electron chi connectivity index (χ1n) is 11.7. The van der Waals surface area contributed by atoms with Gasteiger partial charge >= 0.3 is 11.8 Å². The number of ether oxygens (including phenoxy) is 1. The number of anilines is 2. The van der Waals surface area contributed by atoms with E-state index >= 15 is 4.39 Å². The minimum Gasteiger partial charge on any atom is -0.495 e. The summed E-state index contributed by atoms with van der Waals surface area (Å²) in [5, 5.41) is 5.49. The van der Waals surface area contributed by atoms with E-state index in [0.29, 0.717) is 5.75 Å². The fourth-order valence-electron chi connectivity index (χ4n) is 4.36. The molecule has 0 radical (unpaired) electrons. The van der Waals surface area contributed by atoms with Crippen molar-refractivity contribution in [3.05, 3.63) is 84.4 Å². The molecule has 0 bridgehead atoms. The molecule has 0 saturated heterocycles. The Hall–Kier alpha value is -4.27. The van der Waals surface area contributed by atoms with Crippen LogP contribution >= 0.6 is 0 Å². The normalized spacial score (nSPS) is 14.1. The molecule has 36 heavy (non-hydrogen) atoms. The van der Waals surface area contributed by atoms with E-state index in [4.69, 9.17) is 4.74 Å². The van der Waals surface area contributed by atoms with Crippen molar-refractivity contribution < 1.29 is 23.5 Å². The maximum atomic E-state index is 15.0. The number of aromatic nitrogens is 1. The lowest BCUT2D eigenvalue weighted by atomic mass is 10.0. The van der Waals surface area contributed by atoms with Gasteiger partial charge in [-0.15, -0.1) is 0 Å². The number of carbonyl (C=O) groups is 3. The summed E-state index contributed by atoms with van der Waals surface area (Å²) in [6.07, 6.45) is 6.39. The molecular formula is C27H27FN4O4. The van der Waals surface area contributed by atoms with Gasteiger partial charge in [0.05, 0.1) is 24.7 Å². The number of halogens is 1.